The summed E-state index contributed by atoms with van der Waals surface area (Å²) in [5.74, 6) is 0.769. The first-order valence-electron chi connectivity index (χ1n) is 9.41. The standard InChI is InChI=1S/C25H17NO3S/c26-20-12-13-29-24(20)17-8-6-15(7-9-17)22-19-11-10-18(27)14-21(19)30-25(22)23(28)16-4-2-1-3-5-16/h1-14,27H,26H2. The molecule has 0 saturated heterocycles. The molecule has 0 aliphatic rings. The number of benzene rings is 3. The van der Waals surface area contributed by atoms with Crippen LogP contribution >= 0.6 is 11.3 Å². The molecule has 0 bridgehead atoms. The zero-order valence-electron chi connectivity index (χ0n) is 15.8. The number of carbonyl (C=O) groups excluding carboxylic acids is 1. The Morgan fingerprint density at radius 3 is 2.33 bits per heavy atom. The Balaban J connectivity index is 1.68. The molecule has 0 atom stereocenters. The molecule has 0 spiro atoms. The maximum absolute atomic E-state index is 13.3. The van der Waals surface area contributed by atoms with Crippen molar-refractivity contribution in [2.45, 2.75) is 0 Å². The monoisotopic (exact) mass is 411 g/mol. The van der Waals surface area contributed by atoms with Crippen LogP contribution in [0.1, 0.15) is 15.2 Å². The van der Waals surface area contributed by atoms with Gasteiger partial charge in [-0.25, -0.2) is 0 Å². The lowest BCUT2D eigenvalue weighted by atomic mass is 9.97. The van der Waals surface area contributed by atoms with E-state index in [0.717, 1.165) is 26.8 Å². The van der Waals surface area contributed by atoms with Gasteiger partial charge in [0.05, 0.1) is 16.8 Å². The second-order valence-corrected chi connectivity index (χ2v) is 8.02. The Bertz CT molecular complexity index is 1370. The van der Waals surface area contributed by atoms with E-state index in [4.69, 9.17) is 10.2 Å². The van der Waals surface area contributed by atoms with Crippen molar-refractivity contribution in [3.63, 3.8) is 0 Å². The number of anilines is 1. The van der Waals surface area contributed by atoms with Gasteiger partial charge in [0.1, 0.15) is 5.75 Å². The highest BCUT2D eigenvalue weighted by Gasteiger charge is 2.21. The van der Waals surface area contributed by atoms with E-state index in [-0.39, 0.29) is 11.5 Å². The summed E-state index contributed by atoms with van der Waals surface area (Å²) in [6.45, 7) is 0. The van der Waals surface area contributed by atoms with E-state index >= 15 is 0 Å². The quantitative estimate of drug-likeness (QED) is 0.338. The molecule has 0 fully saturated rings. The summed E-state index contributed by atoms with van der Waals surface area (Å²) in [4.78, 5) is 14.0. The average molecular weight is 411 g/mol. The van der Waals surface area contributed by atoms with Crippen molar-refractivity contribution in [2.24, 2.45) is 0 Å². The lowest BCUT2D eigenvalue weighted by Crippen LogP contribution is -2.00. The highest BCUT2D eigenvalue weighted by atomic mass is 32.1. The number of carbonyl (C=O) groups is 1. The molecular weight excluding hydrogens is 394 g/mol. The Morgan fingerprint density at radius 2 is 1.63 bits per heavy atom. The van der Waals surface area contributed by atoms with Crippen molar-refractivity contribution >= 4 is 32.9 Å². The number of furan rings is 1. The number of nitrogen functional groups attached to an aromatic ring is 1. The third-order valence-electron chi connectivity index (χ3n) is 5.05. The van der Waals surface area contributed by atoms with Crippen LogP contribution in [0.3, 0.4) is 0 Å². The number of phenols is 1. The van der Waals surface area contributed by atoms with E-state index in [2.05, 4.69) is 0 Å². The molecule has 0 radical (unpaired) electrons. The third kappa shape index (κ3) is 3.06. The minimum absolute atomic E-state index is 0.0364. The van der Waals surface area contributed by atoms with Crippen molar-refractivity contribution in [3.05, 3.63) is 95.6 Å². The molecule has 0 unspecified atom stereocenters. The molecule has 5 rings (SSSR count). The van der Waals surface area contributed by atoms with Crippen LogP contribution in [0.2, 0.25) is 0 Å². The fourth-order valence-corrected chi connectivity index (χ4v) is 4.81. The van der Waals surface area contributed by atoms with Gasteiger partial charge in [-0.15, -0.1) is 11.3 Å². The first-order chi connectivity index (χ1) is 14.6. The van der Waals surface area contributed by atoms with E-state index in [1.165, 1.54) is 11.3 Å². The van der Waals surface area contributed by atoms with E-state index in [1.807, 2.05) is 60.7 Å². The first-order valence-corrected chi connectivity index (χ1v) is 10.2. The summed E-state index contributed by atoms with van der Waals surface area (Å²) in [5.41, 5.74) is 9.83. The zero-order chi connectivity index (χ0) is 20.7. The predicted molar refractivity (Wildman–Crippen MR) is 121 cm³/mol. The van der Waals surface area contributed by atoms with Gasteiger partial charge in [0, 0.05) is 32.8 Å². The molecule has 0 saturated carbocycles. The van der Waals surface area contributed by atoms with Gasteiger partial charge in [-0.1, -0.05) is 54.6 Å². The Hall–Kier alpha value is -3.83. The molecule has 0 amide bonds. The molecule has 2 heterocycles. The van der Waals surface area contributed by atoms with Gasteiger partial charge >= 0.3 is 0 Å². The molecule has 3 aromatic carbocycles. The summed E-state index contributed by atoms with van der Waals surface area (Å²) < 4.78 is 6.34. The van der Waals surface area contributed by atoms with Gasteiger partial charge < -0.3 is 15.3 Å². The number of ketones is 1. The molecule has 0 aliphatic heterocycles. The molecule has 0 aliphatic carbocycles. The fraction of sp³-hybridized carbons (Fsp3) is 0. The van der Waals surface area contributed by atoms with Crippen LogP contribution in [0.5, 0.6) is 5.75 Å². The topological polar surface area (TPSA) is 76.5 Å². The number of aromatic hydroxyl groups is 1. The summed E-state index contributed by atoms with van der Waals surface area (Å²) in [6, 6.07) is 24.0. The molecule has 146 valence electrons. The van der Waals surface area contributed by atoms with Crippen LogP contribution in [-0.2, 0) is 0 Å². The Morgan fingerprint density at radius 1 is 0.900 bits per heavy atom. The van der Waals surface area contributed by atoms with E-state index in [9.17, 15) is 9.90 Å². The van der Waals surface area contributed by atoms with Crippen LogP contribution in [0.4, 0.5) is 5.69 Å². The minimum Gasteiger partial charge on any atom is -0.508 e. The summed E-state index contributed by atoms with van der Waals surface area (Å²) >= 11 is 1.39. The van der Waals surface area contributed by atoms with Crippen LogP contribution in [0.25, 0.3) is 32.5 Å². The van der Waals surface area contributed by atoms with Crippen LogP contribution in [0, 0.1) is 0 Å². The number of nitrogens with two attached hydrogens (primary N) is 1. The van der Waals surface area contributed by atoms with Crippen LogP contribution in [-0.4, -0.2) is 10.9 Å². The van der Waals surface area contributed by atoms with Gasteiger partial charge in [-0.05, 0) is 23.8 Å². The zero-order valence-corrected chi connectivity index (χ0v) is 16.6. The molecule has 3 N–H and O–H groups in total. The fourth-order valence-electron chi connectivity index (χ4n) is 3.59. The van der Waals surface area contributed by atoms with Gasteiger partial charge in [-0.3, -0.25) is 4.79 Å². The van der Waals surface area contributed by atoms with Crippen molar-refractivity contribution in [1.29, 1.82) is 0 Å². The third-order valence-corrected chi connectivity index (χ3v) is 6.20. The van der Waals surface area contributed by atoms with Crippen molar-refractivity contribution in [3.8, 4) is 28.2 Å². The molecule has 4 nitrogen and oxygen atoms in total. The SMILES string of the molecule is Nc1ccoc1-c1ccc(-c2c(C(=O)c3ccccc3)sc3cc(O)ccc23)cc1. The largest absolute Gasteiger partial charge is 0.508 e. The number of thiophene rings is 1. The second kappa shape index (κ2) is 7.21. The smallest absolute Gasteiger partial charge is 0.203 e. The lowest BCUT2D eigenvalue weighted by Gasteiger charge is -2.07. The number of fused-ring (bicyclic) bond motifs is 1. The van der Waals surface area contributed by atoms with Gasteiger partial charge in [0.2, 0.25) is 5.78 Å². The van der Waals surface area contributed by atoms with Crippen molar-refractivity contribution in [1.82, 2.24) is 0 Å². The second-order valence-electron chi connectivity index (χ2n) is 6.96. The maximum Gasteiger partial charge on any atom is 0.203 e. The summed E-state index contributed by atoms with van der Waals surface area (Å²) in [7, 11) is 0. The summed E-state index contributed by atoms with van der Waals surface area (Å²) in [6.07, 6.45) is 1.56. The van der Waals surface area contributed by atoms with Gasteiger partial charge in [-0.2, -0.15) is 0 Å². The van der Waals surface area contributed by atoms with E-state index < -0.39 is 0 Å². The van der Waals surface area contributed by atoms with E-state index in [0.29, 0.717) is 21.9 Å². The highest BCUT2D eigenvalue weighted by molar-refractivity contribution is 7.21. The number of rotatable bonds is 4. The molecule has 2 aromatic heterocycles. The number of hydrogen-bond donors (Lipinski definition) is 2. The number of phenolic OH excluding ortho intramolecular Hbond substituents is 1. The Labute approximate surface area is 176 Å². The minimum atomic E-state index is -0.0364. The molecule has 5 heteroatoms. The van der Waals surface area contributed by atoms with Crippen LogP contribution in [0.15, 0.2) is 89.5 Å². The lowest BCUT2D eigenvalue weighted by molar-refractivity contribution is 0.104. The predicted octanol–water partition coefficient (Wildman–Crippen LogP) is 6.35. The van der Waals surface area contributed by atoms with Gasteiger partial charge in [0.25, 0.3) is 0 Å². The molecular formula is C25H17NO3S. The first kappa shape index (κ1) is 18.2. The average Bonchev–Trinajstić information content (AvgIpc) is 3.37. The van der Waals surface area contributed by atoms with Crippen LogP contribution < -0.4 is 5.73 Å². The van der Waals surface area contributed by atoms with Crippen molar-refractivity contribution < 1.29 is 14.3 Å². The number of hydrogen-bond acceptors (Lipinski definition) is 5. The highest BCUT2D eigenvalue weighted by Crippen LogP contribution is 2.42. The Kier molecular flexibility index (Phi) is 4.38. The summed E-state index contributed by atoms with van der Waals surface area (Å²) in [5, 5.41) is 10.9. The normalized spacial score (nSPS) is 11.1. The van der Waals surface area contributed by atoms with Gasteiger partial charge in [0.15, 0.2) is 5.76 Å². The molecule has 5 aromatic rings. The molecule has 30 heavy (non-hydrogen) atoms. The van der Waals surface area contributed by atoms with E-state index in [1.54, 1.807) is 24.5 Å². The van der Waals surface area contributed by atoms with Crippen molar-refractivity contribution in [2.75, 3.05) is 5.73 Å². The maximum atomic E-state index is 13.3.